The van der Waals surface area contributed by atoms with Crippen molar-refractivity contribution in [3.63, 3.8) is 0 Å². The van der Waals surface area contributed by atoms with Gasteiger partial charge in [-0.1, -0.05) is 17.7 Å². The number of fused-ring (bicyclic) bond motifs is 1. The second kappa shape index (κ2) is 6.49. The van der Waals surface area contributed by atoms with Crippen molar-refractivity contribution in [3.8, 4) is 0 Å². The quantitative estimate of drug-likeness (QED) is 0.792. The molecule has 3 rings (SSSR count). The predicted octanol–water partition coefficient (Wildman–Crippen LogP) is 3.44. The van der Waals surface area contributed by atoms with E-state index in [-0.39, 0.29) is 18.6 Å². The zero-order chi connectivity index (χ0) is 17.3. The van der Waals surface area contributed by atoms with Crippen molar-refractivity contribution in [2.75, 3.05) is 6.54 Å². The van der Waals surface area contributed by atoms with Crippen LogP contribution in [0.1, 0.15) is 42.0 Å². The Hall–Kier alpha value is -1.98. The number of rotatable bonds is 4. The summed E-state index contributed by atoms with van der Waals surface area (Å²) in [5, 5.41) is 16.8. The molecule has 1 heterocycles. The average molecular weight is 349 g/mol. The summed E-state index contributed by atoms with van der Waals surface area (Å²) in [4.78, 5) is 12.2. The molecule has 2 aromatic rings. The maximum Gasteiger partial charge on any atom is 0.315 e. The minimum Gasteiger partial charge on any atom is -0.463 e. The summed E-state index contributed by atoms with van der Waals surface area (Å²) in [6.45, 7) is 3.48. The van der Waals surface area contributed by atoms with Crippen LogP contribution >= 0.6 is 11.6 Å². The normalized spacial score (nSPS) is 18.8. The minimum atomic E-state index is -1.26. The fraction of sp³-hybridized carbons (Fsp3) is 0.389. The smallest absolute Gasteiger partial charge is 0.315 e. The summed E-state index contributed by atoms with van der Waals surface area (Å²) < 4.78 is 5.44. The van der Waals surface area contributed by atoms with Crippen molar-refractivity contribution in [1.29, 1.82) is 0 Å². The molecule has 0 bridgehead atoms. The van der Waals surface area contributed by atoms with Crippen LogP contribution in [0.15, 0.2) is 34.7 Å². The first-order valence-electron chi connectivity index (χ1n) is 7.97. The number of furan rings is 1. The van der Waals surface area contributed by atoms with Crippen LogP contribution in [-0.2, 0) is 12.0 Å². The van der Waals surface area contributed by atoms with E-state index in [9.17, 15) is 9.90 Å². The molecule has 1 aliphatic carbocycles. The van der Waals surface area contributed by atoms with Crippen molar-refractivity contribution in [2.24, 2.45) is 0 Å². The van der Waals surface area contributed by atoms with Crippen molar-refractivity contribution in [2.45, 2.75) is 38.3 Å². The maximum absolute atomic E-state index is 12.2. The van der Waals surface area contributed by atoms with Crippen LogP contribution in [0, 0.1) is 6.92 Å². The molecule has 2 amide bonds. The van der Waals surface area contributed by atoms with Crippen molar-refractivity contribution in [3.05, 3.63) is 58.0 Å². The van der Waals surface area contributed by atoms with Gasteiger partial charge in [-0.2, -0.15) is 0 Å². The SMILES string of the molecule is Cc1ccc(C(C)(O)CNC(=O)NC2CCc3cc(Cl)ccc32)o1. The third-order valence-corrected chi connectivity index (χ3v) is 4.59. The summed E-state index contributed by atoms with van der Waals surface area (Å²) >= 11 is 6.00. The predicted molar refractivity (Wildman–Crippen MR) is 92.1 cm³/mol. The van der Waals surface area contributed by atoms with E-state index < -0.39 is 5.60 Å². The van der Waals surface area contributed by atoms with Gasteiger partial charge in [0.05, 0.1) is 12.6 Å². The minimum absolute atomic E-state index is 0.0342. The maximum atomic E-state index is 12.2. The van der Waals surface area contributed by atoms with Gasteiger partial charge in [0.2, 0.25) is 0 Å². The molecule has 0 fully saturated rings. The van der Waals surface area contributed by atoms with E-state index in [1.54, 1.807) is 19.1 Å². The second-order valence-corrected chi connectivity index (χ2v) is 6.88. The van der Waals surface area contributed by atoms with Gasteiger partial charge in [-0.25, -0.2) is 4.79 Å². The lowest BCUT2D eigenvalue weighted by molar-refractivity contribution is 0.0359. The summed E-state index contributed by atoms with van der Waals surface area (Å²) in [6.07, 6.45) is 1.74. The topological polar surface area (TPSA) is 74.5 Å². The molecule has 0 radical (unpaired) electrons. The molecule has 2 atom stereocenters. The number of aliphatic hydroxyl groups is 1. The van der Waals surface area contributed by atoms with Crippen LogP contribution in [0.5, 0.6) is 0 Å². The monoisotopic (exact) mass is 348 g/mol. The van der Waals surface area contributed by atoms with E-state index in [1.807, 2.05) is 25.1 Å². The van der Waals surface area contributed by atoms with E-state index in [0.717, 1.165) is 24.2 Å². The Morgan fingerprint density at radius 2 is 2.21 bits per heavy atom. The number of hydrogen-bond acceptors (Lipinski definition) is 3. The number of carbonyl (C=O) groups excluding carboxylic acids is 1. The summed E-state index contributed by atoms with van der Waals surface area (Å²) in [5.41, 5.74) is 1.01. The van der Waals surface area contributed by atoms with Crippen LogP contribution in [-0.4, -0.2) is 17.7 Å². The molecule has 2 unspecified atom stereocenters. The first-order chi connectivity index (χ1) is 11.3. The average Bonchev–Trinajstić information content (AvgIpc) is 3.12. The lowest BCUT2D eigenvalue weighted by atomic mass is 10.0. The molecule has 6 heteroatoms. The van der Waals surface area contributed by atoms with E-state index in [4.69, 9.17) is 16.0 Å². The van der Waals surface area contributed by atoms with Gasteiger partial charge in [-0.05, 0) is 62.1 Å². The molecule has 0 saturated carbocycles. The number of aryl methyl sites for hydroxylation is 2. The summed E-state index contributed by atoms with van der Waals surface area (Å²) in [5.74, 6) is 1.15. The third-order valence-electron chi connectivity index (χ3n) is 4.35. The van der Waals surface area contributed by atoms with Gasteiger partial charge < -0.3 is 20.2 Å². The van der Waals surface area contributed by atoms with Gasteiger partial charge in [0, 0.05) is 5.02 Å². The number of urea groups is 1. The van der Waals surface area contributed by atoms with Crippen molar-refractivity contribution < 1.29 is 14.3 Å². The van der Waals surface area contributed by atoms with Gasteiger partial charge >= 0.3 is 6.03 Å². The lowest BCUT2D eigenvalue weighted by Crippen LogP contribution is -2.44. The Morgan fingerprint density at radius 3 is 2.92 bits per heavy atom. The zero-order valence-electron chi connectivity index (χ0n) is 13.7. The largest absolute Gasteiger partial charge is 0.463 e. The Kier molecular flexibility index (Phi) is 4.56. The van der Waals surface area contributed by atoms with Crippen LogP contribution < -0.4 is 10.6 Å². The van der Waals surface area contributed by atoms with Crippen molar-refractivity contribution in [1.82, 2.24) is 10.6 Å². The van der Waals surface area contributed by atoms with Crippen LogP contribution in [0.2, 0.25) is 5.02 Å². The number of carbonyl (C=O) groups is 1. The van der Waals surface area contributed by atoms with E-state index >= 15 is 0 Å². The Bertz CT molecular complexity index is 754. The molecular formula is C18H21ClN2O3. The molecule has 0 saturated heterocycles. The van der Waals surface area contributed by atoms with Crippen molar-refractivity contribution >= 4 is 17.6 Å². The van der Waals surface area contributed by atoms with E-state index in [1.165, 1.54) is 5.56 Å². The molecule has 1 aromatic carbocycles. The van der Waals surface area contributed by atoms with Gasteiger partial charge in [0.1, 0.15) is 17.1 Å². The molecule has 1 aromatic heterocycles. The first-order valence-corrected chi connectivity index (χ1v) is 8.35. The van der Waals surface area contributed by atoms with Crippen LogP contribution in [0.4, 0.5) is 4.79 Å². The molecule has 0 spiro atoms. The standard InChI is InChI=1S/C18H21ClN2O3/c1-11-3-8-16(24-11)18(2,23)10-20-17(22)21-15-7-4-12-9-13(19)5-6-14(12)15/h3,5-6,8-9,15,23H,4,7,10H2,1-2H3,(H2,20,21,22). The van der Waals surface area contributed by atoms with Gasteiger partial charge in [-0.15, -0.1) is 0 Å². The molecule has 5 nitrogen and oxygen atoms in total. The Balaban J connectivity index is 1.57. The number of amides is 2. The highest BCUT2D eigenvalue weighted by Gasteiger charge is 2.29. The molecule has 3 N–H and O–H groups in total. The van der Waals surface area contributed by atoms with E-state index in [0.29, 0.717) is 10.8 Å². The number of halogens is 1. The first kappa shape index (κ1) is 16.9. The fourth-order valence-electron chi connectivity index (χ4n) is 3.01. The molecule has 24 heavy (non-hydrogen) atoms. The molecular weight excluding hydrogens is 328 g/mol. The lowest BCUT2D eigenvalue weighted by Gasteiger charge is -2.22. The molecule has 1 aliphatic rings. The highest BCUT2D eigenvalue weighted by Crippen LogP contribution is 2.32. The zero-order valence-corrected chi connectivity index (χ0v) is 14.5. The van der Waals surface area contributed by atoms with Crippen LogP contribution in [0.3, 0.4) is 0 Å². The second-order valence-electron chi connectivity index (χ2n) is 6.45. The summed E-state index contributed by atoms with van der Waals surface area (Å²) in [7, 11) is 0. The highest BCUT2D eigenvalue weighted by atomic mass is 35.5. The van der Waals surface area contributed by atoms with Crippen LogP contribution in [0.25, 0.3) is 0 Å². The number of nitrogens with one attached hydrogen (secondary N) is 2. The fourth-order valence-corrected chi connectivity index (χ4v) is 3.20. The van der Waals surface area contributed by atoms with E-state index in [2.05, 4.69) is 10.6 Å². The summed E-state index contributed by atoms with van der Waals surface area (Å²) in [6, 6.07) is 8.88. The Labute approximate surface area is 146 Å². The highest BCUT2D eigenvalue weighted by molar-refractivity contribution is 6.30. The Morgan fingerprint density at radius 1 is 1.42 bits per heavy atom. The number of benzene rings is 1. The van der Waals surface area contributed by atoms with Gasteiger partial charge in [0.15, 0.2) is 0 Å². The number of hydrogen-bond donors (Lipinski definition) is 3. The van der Waals surface area contributed by atoms with Gasteiger partial charge in [0.25, 0.3) is 0 Å². The third kappa shape index (κ3) is 3.57. The molecule has 128 valence electrons. The molecule has 0 aliphatic heterocycles. The van der Waals surface area contributed by atoms with Gasteiger partial charge in [-0.3, -0.25) is 0 Å².